The van der Waals surface area contributed by atoms with Crippen LogP contribution in [0.4, 0.5) is 4.79 Å². The highest BCUT2D eigenvalue weighted by Crippen LogP contribution is 2.31. The molecule has 37 heavy (non-hydrogen) atoms. The monoisotopic (exact) mass is 546 g/mol. The molecule has 0 radical (unpaired) electrons. The molecular weight excluding hydrogens is 520 g/mol. The molecule has 0 unspecified atom stereocenters. The second kappa shape index (κ2) is 10.6. The predicted molar refractivity (Wildman–Crippen MR) is 136 cm³/mol. The molecule has 5 heterocycles. The molecule has 11 nitrogen and oxygen atoms in total. The van der Waals surface area contributed by atoms with Gasteiger partial charge in [-0.15, -0.1) is 11.3 Å². The Morgan fingerprint density at radius 2 is 2.00 bits per heavy atom. The van der Waals surface area contributed by atoms with Crippen molar-refractivity contribution in [3.05, 3.63) is 45.7 Å². The van der Waals surface area contributed by atoms with E-state index in [2.05, 4.69) is 34.3 Å². The van der Waals surface area contributed by atoms with Gasteiger partial charge in [0.15, 0.2) is 11.5 Å². The Bertz CT molecular complexity index is 1310. The van der Waals surface area contributed by atoms with Crippen LogP contribution in [0.15, 0.2) is 28.8 Å². The fourth-order valence-corrected chi connectivity index (χ4v) is 5.45. The van der Waals surface area contributed by atoms with Gasteiger partial charge in [-0.05, 0) is 38.8 Å². The Morgan fingerprint density at radius 1 is 1.22 bits per heavy atom. The van der Waals surface area contributed by atoms with E-state index in [1.165, 1.54) is 22.1 Å². The molecule has 2 fully saturated rings. The number of nitrogens with zero attached hydrogens (tertiary/aromatic N) is 5. The quantitative estimate of drug-likeness (QED) is 0.478. The number of cyclic esters (lactones) is 1. The smallest absolute Gasteiger partial charge is 0.417 e. The van der Waals surface area contributed by atoms with E-state index in [0.29, 0.717) is 21.8 Å². The van der Waals surface area contributed by atoms with Gasteiger partial charge < -0.3 is 19.5 Å². The lowest BCUT2D eigenvalue weighted by Crippen LogP contribution is -2.46. The van der Waals surface area contributed by atoms with Crippen LogP contribution in [0.2, 0.25) is 4.34 Å². The molecule has 3 aromatic rings. The molecule has 2 aliphatic rings. The van der Waals surface area contributed by atoms with Crippen molar-refractivity contribution in [1.82, 2.24) is 30.1 Å². The lowest BCUT2D eigenvalue weighted by Gasteiger charge is -2.34. The summed E-state index contributed by atoms with van der Waals surface area (Å²) in [6, 6.07) is 7.22. The number of thiophene rings is 1. The number of likely N-dealkylation sites (tertiary alicyclic amines) is 1. The lowest BCUT2D eigenvalue weighted by molar-refractivity contribution is 0.0797. The summed E-state index contributed by atoms with van der Waals surface area (Å²) < 4.78 is 12.3. The van der Waals surface area contributed by atoms with Gasteiger partial charge in [-0.2, -0.15) is 5.10 Å². The van der Waals surface area contributed by atoms with Crippen LogP contribution in [0, 0.1) is 0 Å². The normalized spacial score (nSPS) is 17.0. The van der Waals surface area contributed by atoms with Crippen LogP contribution in [-0.2, 0) is 11.3 Å². The van der Waals surface area contributed by atoms with Crippen molar-refractivity contribution >= 4 is 40.8 Å². The van der Waals surface area contributed by atoms with Gasteiger partial charge in [-0.1, -0.05) is 16.8 Å². The number of carbonyl (C=O) groups excluding carboxylic acids is 3. The minimum Gasteiger partial charge on any atom is -0.447 e. The van der Waals surface area contributed by atoms with E-state index in [0.717, 1.165) is 35.7 Å². The van der Waals surface area contributed by atoms with Gasteiger partial charge in [-0.25, -0.2) is 9.69 Å². The topological polar surface area (TPSA) is 123 Å². The number of carbonyl (C=O) groups is 3. The fraction of sp³-hybridized carbons (Fsp3) is 0.458. The number of imide groups is 1. The molecule has 0 bridgehead atoms. The third kappa shape index (κ3) is 5.55. The third-order valence-electron chi connectivity index (χ3n) is 6.52. The van der Waals surface area contributed by atoms with Crippen molar-refractivity contribution in [2.75, 3.05) is 26.2 Å². The molecule has 0 spiro atoms. The second-order valence-electron chi connectivity index (χ2n) is 9.31. The number of hydrogen-bond donors (Lipinski definition) is 1. The first-order chi connectivity index (χ1) is 17.8. The molecule has 0 aliphatic carbocycles. The van der Waals surface area contributed by atoms with E-state index >= 15 is 0 Å². The summed E-state index contributed by atoms with van der Waals surface area (Å²) in [6.07, 6.45) is 0.952. The van der Waals surface area contributed by atoms with Crippen LogP contribution >= 0.6 is 22.9 Å². The summed E-state index contributed by atoms with van der Waals surface area (Å²) in [5, 5.41) is 11.5. The van der Waals surface area contributed by atoms with E-state index in [9.17, 15) is 14.4 Å². The molecule has 13 heteroatoms. The highest BCUT2D eigenvalue weighted by atomic mass is 35.5. The first-order valence-electron chi connectivity index (χ1n) is 12.1. The Hall–Kier alpha value is -3.22. The van der Waals surface area contributed by atoms with Crippen molar-refractivity contribution in [2.24, 2.45) is 0 Å². The number of rotatable bonds is 7. The number of hydrogen-bond acceptors (Lipinski definition) is 9. The molecule has 2 aliphatic heterocycles. The highest BCUT2D eigenvalue weighted by molar-refractivity contribution is 7.19. The van der Waals surface area contributed by atoms with E-state index < -0.39 is 12.0 Å². The zero-order valence-electron chi connectivity index (χ0n) is 20.5. The minimum atomic E-state index is -0.723. The molecule has 5 rings (SSSR count). The molecule has 1 N–H and O–H groups in total. The summed E-state index contributed by atoms with van der Waals surface area (Å²) in [5.74, 6) is -0.428. The molecule has 3 aromatic heterocycles. The van der Waals surface area contributed by atoms with Gasteiger partial charge in [0, 0.05) is 37.3 Å². The van der Waals surface area contributed by atoms with E-state index in [1.54, 1.807) is 12.1 Å². The summed E-state index contributed by atoms with van der Waals surface area (Å²) in [7, 11) is 0. The summed E-state index contributed by atoms with van der Waals surface area (Å²) in [5.41, 5.74) is 0.673. The number of amides is 3. The second-order valence-corrected chi connectivity index (χ2v) is 11.0. The van der Waals surface area contributed by atoms with E-state index in [1.807, 2.05) is 6.07 Å². The molecular formula is C24H27ClN6O5S. The van der Waals surface area contributed by atoms with Crippen LogP contribution in [0.5, 0.6) is 0 Å². The number of ether oxygens (including phenoxy) is 1. The lowest BCUT2D eigenvalue weighted by atomic mass is 10.0. The van der Waals surface area contributed by atoms with Crippen molar-refractivity contribution in [3.8, 4) is 10.6 Å². The Morgan fingerprint density at radius 3 is 2.65 bits per heavy atom. The third-order valence-corrected chi connectivity index (χ3v) is 7.77. The van der Waals surface area contributed by atoms with Gasteiger partial charge in [0.2, 0.25) is 0 Å². The maximum absolute atomic E-state index is 13.2. The maximum atomic E-state index is 13.2. The average molecular weight is 547 g/mol. The first-order valence-corrected chi connectivity index (χ1v) is 13.3. The first kappa shape index (κ1) is 25.4. The van der Waals surface area contributed by atoms with E-state index in [-0.39, 0.29) is 43.0 Å². The SMILES string of the molecule is CC(C)N1CCC(NC(=O)c2cc(C(=O)N3CCOC3=O)n(Cc3cc(-c4ccc(Cl)s4)on3)n2)CC1. The van der Waals surface area contributed by atoms with Crippen molar-refractivity contribution in [1.29, 1.82) is 0 Å². The standard InChI is InChI=1S/C24H27ClN6O5S/c1-14(2)29-7-5-15(6-8-29)26-22(32)17-12-18(23(33)30-9-10-35-24(30)34)31(27-17)13-16-11-19(36-28-16)20-3-4-21(25)37-20/h3-4,11-12,14-15H,5-10,13H2,1-2H3,(H,26,32). The van der Waals surface area contributed by atoms with Gasteiger partial charge >= 0.3 is 6.09 Å². The number of aromatic nitrogens is 3. The number of nitrogens with one attached hydrogen (secondary N) is 1. The van der Waals surface area contributed by atoms with Crippen molar-refractivity contribution < 1.29 is 23.6 Å². The predicted octanol–water partition coefficient (Wildman–Crippen LogP) is 3.50. The average Bonchev–Trinajstić information content (AvgIpc) is 3.67. The molecule has 0 aromatic carbocycles. The Kier molecular flexibility index (Phi) is 7.31. The van der Waals surface area contributed by atoms with Crippen molar-refractivity contribution in [3.63, 3.8) is 0 Å². The van der Waals surface area contributed by atoms with Gasteiger partial charge in [0.1, 0.15) is 18.0 Å². The van der Waals surface area contributed by atoms with Crippen LogP contribution in [0.1, 0.15) is 53.4 Å². The number of halogens is 1. The Balaban J connectivity index is 1.36. The fourth-order valence-electron chi connectivity index (χ4n) is 4.46. The van der Waals surface area contributed by atoms with Crippen LogP contribution in [-0.4, -0.2) is 81.0 Å². The van der Waals surface area contributed by atoms with Crippen molar-refractivity contribution in [2.45, 2.75) is 45.3 Å². The molecule has 2 saturated heterocycles. The van der Waals surface area contributed by atoms with Crippen LogP contribution in [0.3, 0.4) is 0 Å². The largest absolute Gasteiger partial charge is 0.447 e. The number of piperidine rings is 1. The van der Waals surface area contributed by atoms with Gasteiger partial charge in [-0.3, -0.25) is 14.3 Å². The van der Waals surface area contributed by atoms with Crippen LogP contribution in [0.25, 0.3) is 10.6 Å². The highest BCUT2D eigenvalue weighted by Gasteiger charge is 2.33. The maximum Gasteiger partial charge on any atom is 0.417 e. The molecule has 196 valence electrons. The van der Waals surface area contributed by atoms with Gasteiger partial charge in [0.25, 0.3) is 11.8 Å². The molecule has 0 saturated carbocycles. The zero-order valence-corrected chi connectivity index (χ0v) is 22.0. The molecule has 0 atom stereocenters. The summed E-state index contributed by atoms with van der Waals surface area (Å²) in [6.45, 7) is 6.45. The summed E-state index contributed by atoms with van der Waals surface area (Å²) in [4.78, 5) is 42.5. The van der Waals surface area contributed by atoms with Gasteiger partial charge in [0.05, 0.1) is 22.3 Å². The Labute approximate surface area is 222 Å². The minimum absolute atomic E-state index is 0.0241. The zero-order chi connectivity index (χ0) is 26.1. The van der Waals surface area contributed by atoms with E-state index in [4.69, 9.17) is 20.9 Å². The summed E-state index contributed by atoms with van der Waals surface area (Å²) >= 11 is 7.37. The van der Waals surface area contributed by atoms with Crippen LogP contribution < -0.4 is 5.32 Å². The molecule has 3 amide bonds.